The van der Waals surface area contributed by atoms with E-state index in [9.17, 15) is 9.59 Å². The Hall–Kier alpha value is -3.22. The number of ether oxygens (including phenoxy) is 2. The minimum Gasteiger partial charge on any atom is -0.493 e. The highest BCUT2D eigenvalue weighted by Crippen LogP contribution is 2.51. The van der Waals surface area contributed by atoms with Crippen LogP contribution >= 0.6 is 0 Å². The molecule has 0 saturated heterocycles. The van der Waals surface area contributed by atoms with Crippen LogP contribution in [0.5, 0.6) is 11.5 Å². The van der Waals surface area contributed by atoms with Crippen molar-refractivity contribution in [1.29, 1.82) is 0 Å². The minimum atomic E-state index is -0.440. The average molecular weight is 450 g/mol. The number of methoxy groups -OCH3 is 2. The summed E-state index contributed by atoms with van der Waals surface area (Å²) < 4.78 is 10.7. The molecule has 4 atom stereocenters. The fraction of sp³-hybridized carbons (Fsp3) is 0.462. The molecular formula is C26H31N3O4. The molecule has 1 aliphatic heterocycles. The van der Waals surface area contributed by atoms with Gasteiger partial charge in [0.1, 0.15) is 5.66 Å². The molecular weight excluding hydrogens is 418 g/mol. The third-order valence-electron chi connectivity index (χ3n) is 7.64. The fourth-order valence-electron chi connectivity index (χ4n) is 5.96. The van der Waals surface area contributed by atoms with Gasteiger partial charge in [-0.1, -0.05) is 18.2 Å². The van der Waals surface area contributed by atoms with E-state index >= 15 is 0 Å². The summed E-state index contributed by atoms with van der Waals surface area (Å²) >= 11 is 0. The number of carbonyl (C=O) groups is 2. The van der Waals surface area contributed by atoms with Crippen molar-refractivity contribution in [1.82, 2.24) is 10.6 Å². The summed E-state index contributed by atoms with van der Waals surface area (Å²) in [7, 11) is 3.24. The highest BCUT2D eigenvalue weighted by Gasteiger charge is 2.55. The topological polar surface area (TPSA) is 88.7 Å². The molecule has 2 aromatic rings. The number of carbonyl (C=O) groups excluding carboxylic acids is 2. The molecule has 0 radical (unpaired) electrons. The molecule has 2 bridgehead atoms. The van der Waals surface area contributed by atoms with Crippen molar-refractivity contribution in [2.45, 2.75) is 37.8 Å². The Morgan fingerprint density at radius 1 is 1.09 bits per heavy atom. The lowest BCUT2D eigenvalue weighted by atomic mass is 9.58. The predicted octanol–water partition coefficient (Wildman–Crippen LogP) is 3.35. The van der Waals surface area contributed by atoms with Crippen molar-refractivity contribution in [3.63, 3.8) is 0 Å². The molecule has 7 nitrogen and oxygen atoms in total. The molecule has 0 unspecified atom stereocenters. The molecule has 3 saturated carbocycles. The molecule has 6 rings (SSSR count). The van der Waals surface area contributed by atoms with Gasteiger partial charge in [-0.3, -0.25) is 9.59 Å². The Morgan fingerprint density at radius 3 is 2.67 bits per heavy atom. The van der Waals surface area contributed by atoms with Gasteiger partial charge >= 0.3 is 0 Å². The summed E-state index contributed by atoms with van der Waals surface area (Å²) in [5, 5.41) is 10.0. The number of hydrogen-bond donors (Lipinski definition) is 3. The third kappa shape index (κ3) is 3.90. The second kappa shape index (κ2) is 8.61. The van der Waals surface area contributed by atoms with Gasteiger partial charge < -0.3 is 25.4 Å². The van der Waals surface area contributed by atoms with E-state index < -0.39 is 5.66 Å². The van der Waals surface area contributed by atoms with E-state index in [4.69, 9.17) is 9.47 Å². The van der Waals surface area contributed by atoms with Crippen molar-refractivity contribution in [3.05, 3.63) is 53.6 Å². The Bertz CT molecular complexity index is 1070. The molecule has 2 amide bonds. The van der Waals surface area contributed by atoms with Gasteiger partial charge in [0.05, 0.1) is 19.8 Å². The average Bonchev–Trinajstić information content (AvgIpc) is 2.84. The number of benzene rings is 2. The summed E-state index contributed by atoms with van der Waals surface area (Å²) in [6.07, 6.45) is 4.36. The predicted molar refractivity (Wildman–Crippen MR) is 125 cm³/mol. The molecule has 0 aromatic heterocycles. The standard InChI is InChI=1S/C26H31N3O4/c1-32-22-10-7-16(13-23(22)33-2)11-12-27-24(30)20-14-18-9-8-17(20)15-26(18)28-21-6-4-3-5-19(21)25(31)29-26/h3-7,10,13,17-18,20,28H,8-9,11-12,14-15H2,1-2H3,(H,27,30)(H,29,31)/t17-,18+,20+,26+/m0/s1. The lowest BCUT2D eigenvalue weighted by Crippen LogP contribution is -2.68. The van der Waals surface area contributed by atoms with Gasteiger partial charge in [-0.25, -0.2) is 0 Å². The van der Waals surface area contributed by atoms with E-state index in [1.165, 1.54) is 0 Å². The zero-order valence-electron chi connectivity index (χ0n) is 19.1. The van der Waals surface area contributed by atoms with Gasteiger partial charge in [0.2, 0.25) is 5.91 Å². The van der Waals surface area contributed by atoms with Gasteiger partial charge in [0.25, 0.3) is 5.91 Å². The second-order valence-electron chi connectivity index (χ2n) is 9.41. The number of fused-ring (bicyclic) bond motifs is 3. The van der Waals surface area contributed by atoms with Crippen LogP contribution in [0.1, 0.15) is 41.6 Å². The number of anilines is 1. The Morgan fingerprint density at radius 2 is 1.91 bits per heavy atom. The highest BCUT2D eigenvalue weighted by atomic mass is 16.5. The fourth-order valence-corrected chi connectivity index (χ4v) is 5.96. The molecule has 7 heteroatoms. The number of para-hydroxylation sites is 1. The van der Waals surface area contributed by atoms with Crippen molar-refractivity contribution >= 4 is 17.5 Å². The maximum absolute atomic E-state index is 13.1. The summed E-state index contributed by atoms with van der Waals surface area (Å²) in [4.78, 5) is 25.8. The number of nitrogens with one attached hydrogen (secondary N) is 3. The van der Waals surface area contributed by atoms with Crippen LogP contribution in [0, 0.1) is 17.8 Å². The van der Waals surface area contributed by atoms with Gasteiger partial charge in [0.15, 0.2) is 11.5 Å². The lowest BCUT2D eigenvalue weighted by molar-refractivity contribution is -0.132. The van der Waals surface area contributed by atoms with Crippen molar-refractivity contribution < 1.29 is 19.1 Å². The maximum atomic E-state index is 13.1. The second-order valence-corrected chi connectivity index (χ2v) is 9.41. The Kier molecular flexibility index (Phi) is 5.64. The smallest absolute Gasteiger partial charge is 0.255 e. The Labute approximate surface area is 194 Å². The quantitative estimate of drug-likeness (QED) is 0.630. The molecule has 4 aliphatic rings. The number of rotatable bonds is 6. The zero-order valence-corrected chi connectivity index (χ0v) is 19.1. The maximum Gasteiger partial charge on any atom is 0.255 e. The summed E-state index contributed by atoms with van der Waals surface area (Å²) in [6.45, 7) is 0.579. The van der Waals surface area contributed by atoms with Crippen LogP contribution < -0.4 is 25.4 Å². The molecule has 1 heterocycles. The van der Waals surface area contributed by atoms with Crippen LogP contribution in [0.15, 0.2) is 42.5 Å². The van der Waals surface area contributed by atoms with Crippen LogP contribution in [0.25, 0.3) is 0 Å². The van der Waals surface area contributed by atoms with E-state index in [0.29, 0.717) is 23.6 Å². The first-order chi connectivity index (χ1) is 16.0. The van der Waals surface area contributed by atoms with Crippen LogP contribution in [-0.2, 0) is 11.2 Å². The van der Waals surface area contributed by atoms with Crippen molar-refractivity contribution in [2.75, 3.05) is 26.1 Å². The van der Waals surface area contributed by atoms with Crippen molar-refractivity contribution in [3.8, 4) is 11.5 Å². The molecule has 174 valence electrons. The van der Waals surface area contributed by atoms with Crippen LogP contribution in [0.3, 0.4) is 0 Å². The first-order valence-corrected chi connectivity index (χ1v) is 11.7. The van der Waals surface area contributed by atoms with Crippen molar-refractivity contribution in [2.24, 2.45) is 17.8 Å². The SMILES string of the molecule is COc1ccc(CCNC(=O)[C@@H]2C[C@H]3CC[C@H]2C[C@@]32NC(=O)c3ccccc3N2)cc1OC. The number of hydrogen-bond acceptors (Lipinski definition) is 5. The summed E-state index contributed by atoms with van der Waals surface area (Å²) in [5.41, 5.74) is 2.23. The monoisotopic (exact) mass is 449 g/mol. The first kappa shape index (κ1) is 21.6. The van der Waals surface area contributed by atoms with Gasteiger partial charge in [-0.05, 0) is 67.9 Å². The molecule has 3 fully saturated rings. The van der Waals surface area contributed by atoms with Crippen LogP contribution in [0.4, 0.5) is 5.69 Å². The van der Waals surface area contributed by atoms with Crippen LogP contribution in [-0.4, -0.2) is 38.2 Å². The normalized spacial score (nSPS) is 27.3. The summed E-state index contributed by atoms with van der Waals surface area (Å²) in [6, 6.07) is 13.5. The molecule has 1 spiro atoms. The van der Waals surface area contributed by atoms with E-state index in [0.717, 1.165) is 43.4 Å². The van der Waals surface area contributed by atoms with Gasteiger partial charge in [-0.15, -0.1) is 0 Å². The molecule has 3 N–H and O–H groups in total. The Balaban J connectivity index is 1.21. The third-order valence-corrected chi connectivity index (χ3v) is 7.64. The lowest BCUT2D eigenvalue weighted by Gasteiger charge is -2.56. The molecule has 3 aliphatic carbocycles. The highest BCUT2D eigenvalue weighted by molar-refractivity contribution is 6.02. The van der Waals surface area contributed by atoms with Gasteiger partial charge in [0, 0.05) is 24.1 Å². The van der Waals surface area contributed by atoms with Crippen LogP contribution in [0.2, 0.25) is 0 Å². The van der Waals surface area contributed by atoms with E-state index in [-0.39, 0.29) is 29.6 Å². The molecule has 2 aromatic carbocycles. The first-order valence-electron chi connectivity index (χ1n) is 11.7. The van der Waals surface area contributed by atoms with E-state index in [1.54, 1.807) is 14.2 Å². The minimum absolute atomic E-state index is 0.00403. The molecule has 33 heavy (non-hydrogen) atoms. The largest absolute Gasteiger partial charge is 0.493 e. The summed E-state index contributed by atoms with van der Waals surface area (Å²) in [5.74, 6) is 1.99. The zero-order chi connectivity index (χ0) is 23.0. The van der Waals surface area contributed by atoms with Gasteiger partial charge in [-0.2, -0.15) is 0 Å². The number of amides is 2. The van der Waals surface area contributed by atoms with E-state index in [2.05, 4.69) is 16.0 Å². The van der Waals surface area contributed by atoms with E-state index in [1.807, 2.05) is 42.5 Å².